The van der Waals surface area contributed by atoms with Crippen molar-refractivity contribution >= 4 is 23.4 Å². The summed E-state index contributed by atoms with van der Waals surface area (Å²) in [5, 5.41) is 0.245. The number of hydrogen-bond acceptors (Lipinski definition) is 4. The summed E-state index contributed by atoms with van der Waals surface area (Å²) in [4.78, 5) is 27.9. The van der Waals surface area contributed by atoms with Crippen LogP contribution in [-0.2, 0) is 9.53 Å². The van der Waals surface area contributed by atoms with E-state index < -0.39 is 5.82 Å². The average molecular weight is 397 g/mol. The Morgan fingerprint density at radius 1 is 1.30 bits per heavy atom. The molecule has 0 aliphatic carbocycles. The number of benzene rings is 1. The first-order valence-electron chi connectivity index (χ1n) is 9.24. The van der Waals surface area contributed by atoms with Gasteiger partial charge in [-0.2, -0.15) is 0 Å². The first-order chi connectivity index (χ1) is 13.0. The van der Waals surface area contributed by atoms with Gasteiger partial charge in [-0.3, -0.25) is 4.79 Å². The van der Waals surface area contributed by atoms with E-state index in [2.05, 4.69) is 0 Å². The maximum Gasteiger partial charge on any atom is 0.320 e. The molecule has 0 saturated carbocycles. The summed E-state index contributed by atoms with van der Waals surface area (Å²) < 4.78 is 24.3. The number of likely N-dealkylation sites (tertiary alicyclic amines) is 2. The minimum absolute atomic E-state index is 0.0162. The molecular weight excluding hydrogens is 375 g/mol. The van der Waals surface area contributed by atoms with Crippen LogP contribution in [0.4, 0.5) is 9.18 Å². The van der Waals surface area contributed by atoms with Crippen LogP contribution in [0.1, 0.15) is 12.8 Å². The number of ether oxygens (including phenoxy) is 2. The minimum Gasteiger partial charge on any atom is -0.492 e. The lowest BCUT2D eigenvalue weighted by molar-refractivity contribution is -0.140. The van der Waals surface area contributed by atoms with Gasteiger partial charge < -0.3 is 19.3 Å². The van der Waals surface area contributed by atoms with Gasteiger partial charge in [-0.05, 0) is 24.6 Å². The predicted octanol–water partition coefficient (Wildman–Crippen LogP) is 2.59. The molecule has 0 aromatic heterocycles. The molecule has 4 rings (SSSR count). The summed E-state index contributed by atoms with van der Waals surface area (Å²) in [6.07, 6.45) is 1.39. The molecule has 0 N–H and O–H groups in total. The second kappa shape index (κ2) is 7.64. The molecule has 0 spiro atoms. The molecule has 1 aromatic carbocycles. The maximum absolute atomic E-state index is 13.1. The third-order valence-corrected chi connectivity index (χ3v) is 5.77. The van der Waals surface area contributed by atoms with E-state index in [1.54, 1.807) is 4.90 Å². The van der Waals surface area contributed by atoms with Crippen LogP contribution in [0.5, 0.6) is 5.75 Å². The molecule has 3 saturated heterocycles. The van der Waals surface area contributed by atoms with Crippen molar-refractivity contribution in [3.8, 4) is 5.75 Å². The van der Waals surface area contributed by atoms with Gasteiger partial charge >= 0.3 is 6.03 Å². The van der Waals surface area contributed by atoms with Crippen molar-refractivity contribution in [1.82, 2.24) is 9.80 Å². The quantitative estimate of drug-likeness (QED) is 0.788. The Morgan fingerprint density at radius 3 is 2.89 bits per heavy atom. The number of amides is 2. The molecule has 3 fully saturated rings. The fourth-order valence-electron chi connectivity index (χ4n) is 3.98. The number of Topliss-reactive ketones (excluding diaryl/α,β-unsaturated/α-hetero) is 1. The second-order valence-corrected chi connectivity index (χ2v) is 7.93. The van der Waals surface area contributed by atoms with E-state index >= 15 is 0 Å². The Bertz CT molecular complexity index is 740. The Labute approximate surface area is 162 Å². The van der Waals surface area contributed by atoms with Crippen LogP contribution < -0.4 is 4.74 Å². The molecule has 146 valence electrons. The van der Waals surface area contributed by atoms with E-state index in [1.165, 1.54) is 18.2 Å². The summed E-state index contributed by atoms with van der Waals surface area (Å²) in [5.41, 5.74) is 0. The largest absolute Gasteiger partial charge is 0.492 e. The molecule has 0 unspecified atom stereocenters. The van der Waals surface area contributed by atoms with Crippen LogP contribution in [0, 0.1) is 17.7 Å². The summed E-state index contributed by atoms with van der Waals surface area (Å²) in [6.45, 7) is 3.13. The Morgan fingerprint density at radius 2 is 2.11 bits per heavy atom. The normalized spacial score (nSPS) is 25.8. The Balaban J connectivity index is 1.23. The van der Waals surface area contributed by atoms with Gasteiger partial charge in [0.15, 0.2) is 5.78 Å². The lowest BCUT2D eigenvalue weighted by Crippen LogP contribution is -2.59. The molecule has 6 nitrogen and oxygen atoms in total. The first-order valence-corrected chi connectivity index (χ1v) is 9.62. The van der Waals surface area contributed by atoms with Crippen LogP contribution in [0.2, 0.25) is 5.02 Å². The lowest BCUT2D eigenvalue weighted by Gasteiger charge is -2.45. The van der Waals surface area contributed by atoms with Gasteiger partial charge in [0.05, 0.1) is 17.7 Å². The monoisotopic (exact) mass is 396 g/mol. The van der Waals surface area contributed by atoms with Crippen molar-refractivity contribution in [3.05, 3.63) is 29.0 Å². The number of ketones is 1. The number of piperidine rings is 1. The summed E-state index contributed by atoms with van der Waals surface area (Å²) in [7, 11) is 0. The fraction of sp³-hybridized carbons (Fsp3) is 0.579. The van der Waals surface area contributed by atoms with Crippen LogP contribution >= 0.6 is 11.6 Å². The molecule has 0 radical (unpaired) electrons. The van der Waals surface area contributed by atoms with Crippen molar-refractivity contribution in [1.29, 1.82) is 0 Å². The fourth-order valence-corrected chi connectivity index (χ4v) is 4.20. The van der Waals surface area contributed by atoms with Crippen LogP contribution in [0.15, 0.2) is 18.2 Å². The Kier molecular flexibility index (Phi) is 5.23. The van der Waals surface area contributed by atoms with E-state index in [-0.39, 0.29) is 41.4 Å². The van der Waals surface area contributed by atoms with Crippen molar-refractivity contribution in [2.45, 2.75) is 18.9 Å². The molecule has 3 aliphatic rings. The molecule has 2 amide bonds. The van der Waals surface area contributed by atoms with Crippen molar-refractivity contribution in [2.24, 2.45) is 11.8 Å². The highest BCUT2D eigenvalue weighted by atomic mass is 35.5. The van der Waals surface area contributed by atoms with Gasteiger partial charge in [0.25, 0.3) is 0 Å². The maximum atomic E-state index is 13.1. The zero-order valence-corrected chi connectivity index (χ0v) is 15.7. The van der Waals surface area contributed by atoms with Crippen molar-refractivity contribution < 1.29 is 23.5 Å². The second-order valence-electron chi connectivity index (χ2n) is 7.53. The summed E-state index contributed by atoms with van der Waals surface area (Å²) in [6, 6.07) is 4.05. The van der Waals surface area contributed by atoms with Crippen LogP contribution in [0.25, 0.3) is 0 Å². The molecule has 0 bridgehead atoms. The summed E-state index contributed by atoms with van der Waals surface area (Å²) in [5.74, 6) is 0.511. The Hall–Kier alpha value is -1.86. The van der Waals surface area contributed by atoms with Gasteiger partial charge in [0.1, 0.15) is 18.2 Å². The minimum atomic E-state index is -0.401. The third-order valence-electron chi connectivity index (χ3n) is 5.48. The third kappa shape index (κ3) is 4.04. The van der Waals surface area contributed by atoms with Crippen molar-refractivity contribution in [3.63, 3.8) is 0 Å². The number of fused-ring (bicyclic) bond motifs is 1. The van der Waals surface area contributed by atoms with Crippen LogP contribution in [-0.4, -0.2) is 67.1 Å². The van der Waals surface area contributed by atoms with Gasteiger partial charge in [-0.25, -0.2) is 9.18 Å². The molecule has 1 aromatic rings. The number of urea groups is 1. The van der Waals surface area contributed by atoms with Crippen molar-refractivity contribution in [2.75, 3.05) is 39.4 Å². The number of carbonyl (C=O) groups excluding carboxylic acids is 2. The van der Waals surface area contributed by atoms with Gasteiger partial charge in [0.2, 0.25) is 0 Å². The number of rotatable bonds is 3. The van der Waals surface area contributed by atoms with Gasteiger partial charge in [-0.15, -0.1) is 0 Å². The topological polar surface area (TPSA) is 59.1 Å². The molecule has 2 atom stereocenters. The molecular formula is C19H22ClFN2O4. The molecule has 3 heterocycles. The van der Waals surface area contributed by atoms with E-state index in [0.29, 0.717) is 45.0 Å². The highest BCUT2D eigenvalue weighted by Gasteiger charge is 2.40. The first kappa shape index (κ1) is 18.5. The molecule has 3 aliphatic heterocycles. The van der Waals surface area contributed by atoms with Crippen LogP contribution in [0.3, 0.4) is 0 Å². The zero-order chi connectivity index (χ0) is 19.0. The number of nitrogens with zero attached hydrogens (tertiary/aromatic N) is 2. The lowest BCUT2D eigenvalue weighted by atomic mass is 9.88. The van der Waals surface area contributed by atoms with Gasteiger partial charge in [0, 0.05) is 44.4 Å². The molecule has 8 heteroatoms. The predicted molar refractivity (Wildman–Crippen MR) is 96.4 cm³/mol. The standard InChI is InChI=1S/C19H22ClFN2O4/c20-16-6-14(21)1-2-18(16)26-10-12-7-23(8-12)19(25)22-4-3-17-13(9-22)5-15(24)11-27-17/h1-2,6,12-13,17H,3-5,7-11H2/t13-,17+/m1/s1. The highest BCUT2D eigenvalue weighted by molar-refractivity contribution is 6.32. The number of hydrogen-bond donors (Lipinski definition) is 0. The van der Waals surface area contributed by atoms with E-state index in [1.807, 2.05) is 4.90 Å². The highest BCUT2D eigenvalue weighted by Crippen LogP contribution is 2.30. The average Bonchev–Trinajstić information content (AvgIpc) is 2.61. The smallest absolute Gasteiger partial charge is 0.320 e. The number of halogens is 2. The SMILES string of the molecule is O=C1CO[C@H]2CCN(C(=O)N3CC(COc4ccc(F)cc4Cl)C3)C[C@H]2C1. The van der Waals surface area contributed by atoms with Gasteiger partial charge in [-0.1, -0.05) is 11.6 Å². The molecule has 27 heavy (non-hydrogen) atoms. The number of carbonyl (C=O) groups is 2. The van der Waals surface area contributed by atoms with E-state index in [0.717, 1.165) is 6.42 Å². The summed E-state index contributed by atoms with van der Waals surface area (Å²) >= 11 is 5.95. The zero-order valence-electron chi connectivity index (χ0n) is 14.9. The van der Waals surface area contributed by atoms with E-state index in [9.17, 15) is 14.0 Å². The van der Waals surface area contributed by atoms with E-state index in [4.69, 9.17) is 21.1 Å².